The van der Waals surface area contributed by atoms with E-state index < -0.39 is 21.3 Å². The van der Waals surface area contributed by atoms with Gasteiger partial charge in [-0.05, 0) is 30.7 Å². The number of alkyl halides is 2. The molecule has 0 atom stereocenters. The van der Waals surface area contributed by atoms with E-state index in [1.54, 1.807) is 0 Å². The van der Waals surface area contributed by atoms with Crippen LogP contribution in [0.3, 0.4) is 0 Å². The topological polar surface area (TPSA) is 89.3 Å². The average Bonchev–Trinajstić information content (AvgIpc) is 2.39. The molecule has 0 fully saturated rings. The van der Waals surface area contributed by atoms with Crippen LogP contribution in [0.4, 0.5) is 8.78 Å². The number of amides is 1. The second kappa shape index (κ2) is 8.91. The molecule has 9 heteroatoms. The summed E-state index contributed by atoms with van der Waals surface area (Å²) in [5.74, 6) is -4.47. The first-order chi connectivity index (χ1) is 9.36. The second-order valence-electron chi connectivity index (χ2n) is 4.16. The monoisotopic (exact) mass is 342 g/mol. The van der Waals surface area contributed by atoms with Crippen LogP contribution >= 0.6 is 12.4 Å². The SMILES string of the molecule is Cl.NCCCNC(=O)c1ccc(CS(=O)(=O)C(F)F)cc1. The number of benzene rings is 1. The van der Waals surface area contributed by atoms with Crippen molar-refractivity contribution in [1.29, 1.82) is 0 Å². The molecule has 0 aromatic heterocycles. The predicted molar refractivity (Wildman–Crippen MR) is 78.3 cm³/mol. The Bertz CT molecular complexity index is 550. The van der Waals surface area contributed by atoms with Gasteiger partial charge in [-0.15, -0.1) is 12.4 Å². The molecular weight excluding hydrogens is 326 g/mol. The highest BCUT2D eigenvalue weighted by Crippen LogP contribution is 2.14. The van der Waals surface area contributed by atoms with Gasteiger partial charge in [0.25, 0.3) is 5.91 Å². The maximum Gasteiger partial charge on any atom is 0.337 e. The fraction of sp³-hybridized carbons (Fsp3) is 0.417. The number of halogens is 3. The van der Waals surface area contributed by atoms with Crippen molar-refractivity contribution >= 4 is 28.2 Å². The fourth-order valence-corrected chi connectivity index (χ4v) is 2.24. The first-order valence-electron chi connectivity index (χ1n) is 5.93. The van der Waals surface area contributed by atoms with E-state index in [1.165, 1.54) is 24.3 Å². The fourth-order valence-electron chi connectivity index (χ4n) is 1.45. The Morgan fingerprint density at radius 2 is 1.81 bits per heavy atom. The highest BCUT2D eigenvalue weighted by molar-refractivity contribution is 7.90. The molecule has 0 aliphatic heterocycles. The number of carbonyl (C=O) groups excluding carboxylic acids is 1. The largest absolute Gasteiger partial charge is 0.352 e. The standard InChI is InChI=1S/C12H16F2N2O3S.ClH/c13-12(14)20(18,19)8-9-2-4-10(5-3-9)11(17)16-7-1-6-15;/h2-5,12H,1,6-8,15H2,(H,16,17);1H. The number of sulfone groups is 1. The van der Waals surface area contributed by atoms with Crippen molar-refractivity contribution in [3.05, 3.63) is 35.4 Å². The number of nitrogens with one attached hydrogen (secondary N) is 1. The lowest BCUT2D eigenvalue weighted by Gasteiger charge is -2.06. The molecule has 3 N–H and O–H groups in total. The van der Waals surface area contributed by atoms with Gasteiger partial charge < -0.3 is 11.1 Å². The summed E-state index contributed by atoms with van der Waals surface area (Å²) in [5.41, 5.74) is 5.83. The Balaban J connectivity index is 0.00000400. The lowest BCUT2D eigenvalue weighted by Crippen LogP contribution is -2.25. The van der Waals surface area contributed by atoms with Crippen LogP contribution in [-0.2, 0) is 15.6 Å². The summed E-state index contributed by atoms with van der Waals surface area (Å²) in [6.07, 6.45) is 0.649. The molecule has 0 radical (unpaired) electrons. The van der Waals surface area contributed by atoms with Gasteiger partial charge in [0, 0.05) is 12.1 Å². The molecule has 0 aliphatic rings. The average molecular weight is 343 g/mol. The van der Waals surface area contributed by atoms with E-state index in [-0.39, 0.29) is 23.9 Å². The van der Waals surface area contributed by atoms with E-state index in [9.17, 15) is 22.0 Å². The molecule has 0 spiro atoms. The van der Waals surface area contributed by atoms with E-state index in [4.69, 9.17) is 5.73 Å². The van der Waals surface area contributed by atoms with Crippen LogP contribution in [0, 0.1) is 0 Å². The van der Waals surface area contributed by atoms with Crippen LogP contribution in [0.25, 0.3) is 0 Å². The Hall–Kier alpha value is -1.25. The molecular formula is C12H17ClF2N2O3S. The van der Waals surface area contributed by atoms with Crippen LogP contribution in [-0.4, -0.2) is 33.2 Å². The summed E-state index contributed by atoms with van der Waals surface area (Å²) in [6.45, 7) is 0.904. The van der Waals surface area contributed by atoms with Crippen LogP contribution in [0.5, 0.6) is 0 Å². The third kappa shape index (κ3) is 6.36. The van der Waals surface area contributed by atoms with Gasteiger partial charge in [-0.2, -0.15) is 8.78 Å². The van der Waals surface area contributed by atoms with Crippen molar-refractivity contribution in [3.63, 3.8) is 0 Å². The maximum atomic E-state index is 12.2. The summed E-state index contributed by atoms with van der Waals surface area (Å²) in [6, 6.07) is 5.48. The molecule has 5 nitrogen and oxygen atoms in total. The van der Waals surface area contributed by atoms with E-state index in [0.29, 0.717) is 25.1 Å². The van der Waals surface area contributed by atoms with Crippen molar-refractivity contribution in [3.8, 4) is 0 Å². The minimum absolute atomic E-state index is 0. The Morgan fingerprint density at radius 3 is 2.29 bits per heavy atom. The molecule has 0 bridgehead atoms. The third-order valence-corrected chi connectivity index (χ3v) is 3.80. The number of carbonyl (C=O) groups is 1. The van der Waals surface area contributed by atoms with E-state index in [0.717, 1.165) is 0 Å². The Kier molecular flexibility index (Phi) is 8.38. The molecule has 1 rings (SSSR count). The number of hydrogen-bond acceptors (Lipinski definition) is 4. The van der Waals surface area contributed by atoms with Crippen molar-refractivity contribution in [2.45, 2.75) is 17.9 Å². The van der Waals surface area contributed by atoms with Crippen LogP contribution in [0.2, 0.25) is 0 Å². The quantitative estimate of drug-likeness (QED) is 0.731. The number of rotatable bonds is 7. The Morgan fingerprint density at radius 1 is 1.24 bits per heavy atom. The summed E-state index contributed by atoms with van der Waals surface area (Å²) >= 11 is 0. The first-order valence-corrected chi connectivity index (χ1v) is 7.65. The summed E-state index contributed by atoms with van der Waals surface area (Å²) in [4.78, 5) is 11.6. The summed E-state index contributed by atoms with van der Waals surface area (Å²) in [7, 11) is -4.45. The molecule has 0 saturated heterocycles. The minimum atomic E-state index is -4.45. The Labute approximate surface area is 128 Å². The van der Waals surface area contributed by atoms with Gasteiger partial charge in [0.1, 0.15) is 0 Å². The zero-order valence-electron chi connectivity index (χ0n) is 11.1. The summed E-state index contributed by atoms with van der Waals surface area (Å²) in [5, 5.41) is 2.63. The molecule has 120 valence electrons. The van der Waals surface area contributed by atoms with Crippen molar-refractivity contribution < 1.29 is 22.0 Å². The highest BCUT2D eigenvalue weighted by Gasteiger charge is 2.24. The summed E-state index contributed by atoms with van der Waals surface area (Å²) < 4.78 is 46.5. The predicted octanol–water partition coefficient (Wildman–Crippen LogP) is 1.32. The first kappa shape index (κ1) is 19.8. The van der Waals surface area contributed by atoms with Crippen molar-refractivity contribution in [1.82, 2.24) is 5.32 Å². The van der Waals surface area contributed by atoms with Gasteiger partial charge in [-0.1, -0.05) is 12.1 Å². The highest BCUT2D eigenvalue weighted by atomic mass is 35.5. The molecule has 1 aromatic carbocycles. The molecule has 1 aromatic rings. The van der Waals surface area contributed by atoms with Gasteiger partial charge in [0.15, 0.2) is 0 Å². The van der Waals surface area contributed by atoms with Gasteiger partial charge >= 0.3 is 5.76 Å². The van der Waals surface area contributed by atoms with Gasteiger partial charge in [0.2, 0.25) is 9.84 Å². The van der Waals surface area contributed by atoms with Crippen LogP contribution in [0.1, 0.15) is 22.3 Å². The lowest BCUT2D eigenvalue weighted by atomic mass is 10.1. The van der Waals surface area contributed by atoms with E-state index in [1.807, 2.05) is 0 Å². The van der Waals surface area contributed by atoms with Gasteiger partial charge in [-0.25, -0.2) is 8.42 Å². The molecule has 0 heterocycles. The van der Waals surface area contributed by atoms with E-state index in [2.05, 4.69) is 5.32 Å². The van der Waals surface area contributed by atoms with E-state index >= 15 is 0 Å². The molecule has 1 amide bonds. The van der Waals surface area contributed by atoms with Gasteiger partial charge in [0.05, 0.1) is 5.75 Å². The normalized spacial score (nSPS) is 11.0. The second-order valence-corrected chi connectivity index (χ2v) is 6.13. The molecule has 0 unspecified atom stereocenters. The molecule has 0 aliphatic carbocycles. The minimum Gasteiger partial charge on any atom is -0.352 e. The smallest absolute Gasteiger partial charge is 0.337 e. The number of hydrogen-bond donors (Lipinski definition) is 2. The molecule has 0 saturated carbocycles. The number of nitrogens with two attached hydrogens (primary N) is 1. The lowest BCUT2D eigenvalue weighted by molar-refractivity contribution is 0.0953. The zero-order valence-corrected chi connectivity index (χ0v) is 12.7. The van der Waals surface area contributed by atoms with Crippen molar-refractivity contribution in [2.24, 2.45) is 5.73 Å². The van der Waals surface area contributed by atoms with Crippen molar-refractivity contribution in [2.75, 3.05) is 13.1 Å². The maximum absolute atomic E-state index is 12.2. The molecule has 21 heavy (non-hydrogen) atoms. The van der Waals surface area contributed by atoms with Gasteiger partial charge in [-0.3, -0.25) is 4.79 Å². The third-order valence-electron chi connectivity index (χ3n) is 2.52. The van der Waals surface area contributed by atoms with Crippen LogP contribution in [0.15, 0.2) is 24.3 Å². The van der Waals surface area contributed by atoms with Crippen LogP contribution < -0.4 is 11.1 Å². The zero-order chi connectivity index (χ0) is 15.2.